The van der Waals surface area contributed by atoms with Crippen LogP contribution in [0, 0.1) is 3.70 Å². The van der Waals surface area contributed by atoms with Gasteiger partial charge >= 0.3 is 9.58 Å². The number of halogens is 1. The van der Waals surface area contributed by atoms with Crippen molar-refractivity contribution < 1.29 is 23.9 Å². The Bertz CT molecular complexity index is 430. The van der Waals surface area contributed by atoms with Gasteiger partial charge in [0.15, 0.2) is 6.08 Å². The largest absolute Gasteiger partial charge is 0.600 e. The number of ether oxygens (including phenoxy) is 2. The molecular weight excluding hydrogens is 355 g/mol. The average molecular weight is 368 g/mol. The van der Waals surface area contributed by atoms with E-state index in [9.17, 15) is 5.11 Å². The summed E-state index contributed by atoms with van der Waals surface area (Å²) in [6.45, 7) is 4.70. The minimum absolute atomic E-state index is 0.153. The standard InChI is InChI=1S/C9H13IN4O4/c1-2-17-9(15)11-8-7(10)14(12-18-8)13-3-5-16-6-4-13/h2-6H2,1H3. The maximum atomic E-state index is 11.2. The first-order valence-corrected chi connectivity index (χ1v) is 6.59. The monoisotopic (exact) mass is 368 g/mol. The zero-order chi connectivity index (χ0) is 13.0. The second kappa shape index (κ2) is 6.18. The molecule has 0 bridgehead atoms. The van der Waals surface area contributed by atoms with Gasteiger partial charge in [-0.1, -0.05) is 6.92 Å². The van der Waals surface area contributed by atoms with E-state index in [1.165, 1.54) is 0 Å². The van der Waals surface area contributed by atoms with Crippen molar-refractivity contribution in [3.63, 3.8) is 0 Å². The fourth-order valence-electron chi connectivity index (χ4n) is 1.46. The van der Waals surface area contributed by atoms with E-state index in [1.807, 2.05) is 27.6 Å². The zero-order valence-corrected chi connectivity index (χ0v) is 12.0. The molecule has 0 atom stereocenters. The predicted molar refractivity (Wildman–Crippen MR) is 66.9 cm³/mol. The van der Waals surface area contributed by atoms with E-state index in [4.69, 9.17) is 14.0 Å². The van der Waals surface area contributed by atoms with Crippen molar-refractivity contribution in [1.29, 1.82) is 0 Å². The molecule has 0 radical (unpaired) electrons. The number of nitrogens with zero attached hydrogens (tertiary/aromatic N) is 4. The van der Waals surface area contributed by atoms with Crippen LogP contribution in [0.5, 0.6) is 0 Å². The highest BCUT2D eigenvalue weighted by Crippen LogP contribution is 2.16. The first-order chi connectivity index (χ1) is 8.72. The summed E-state index contributed by atoms with van der Waals surface area (Å²) in [7, 11) is 0. The van der Waals surface area contributed by atoms with Crippen LogP contribution >= 0.6 is 22.6 Å². The molecule has 1 aromatic heterocycles. The minimum atomic E-state index is -0.680. The van der Waals surface area contributed by atoms with E-state index in [1.54, 1.807) is 11.7 Å². The maximum absolute atomic E-state index is 11.2. The molecule has 0 N–H and O–H groups in total. The van der Waals surface area contributed by atoms with Crippen molar-refractivity contribution in [3.8, 4) is 0 Å². The highest BCUT2D eigenvalue weighted by atomic mass is 127. The number of hydrogen-bond acceptors (Lipinski definition) is 7. The Morgan fingerprint density at radius 3 is 3.00 bits per heavy atom. The molecule has 0 amide bonds. The van der Waals surface area contributed by atoms with Crippen LogP contribution in [0.25, 0.3) is 0 Å². The van der Waals surface area contributed by atoms with Crippen LogP contribution in [-0.2, 0) is 9.47 Å². The fraction of sp³-hybridized carbons (Fsp3) is 0.667. The lowest BCUT2D eigenvalue weighted by molar-refractivity contribution is -0.770. The third-order valence-electron chi connectivity index (χ3n) is 2.27. The molecule has 0 aromatic carbocycles. The van der Waals surface area contributed by atoms with Crippen LogP contribution in [0.15, 0.2) is 9.52 Å². The summed E-state index contributed by atoms with van der Waals surface area (Å²) in [5, 5.41) is 17.0. The highest BCUT2D eigenvalue weighted by Gasteiger charge is 2.29. The van der Waals surface area contributed by atoms with Crippen LogP contribution < -0.4 is 14.9 Å². The van der Waals surface area contributed by atoms with Crippen molar-refractivity contribution >= 4 is 34.6 Å². The molecule has 100 valence electrons. The van der Waals surface area contributed by atoms with Gasteiger partial charge in [0.1, 0.15) is 0 Å². The summed E-state index contributed by atoms with van der Waals surface area (Å²) in [5.74, 6) is 0.153. The molecule has 9 heteroatoms. The second-order valence-corrected chi connectivity index (χ2v) is 4.46. The van der Waals surface area contributed by atoms with Crippen LogP contribution in [0.1, 0.15) is 6.92 Å². The second-order valence-electron chi connectivity index (χ2n) is 3.44. The van der Waals surface area contributed by atoms with Gasteiger partial charge in [0.2, 0.25) is 5.27 Å². The Morgan fingerprint density at radius 1 is 1.61 bits per heavy atom. The summed E-state index contributed by atoms with van der Waals surface area (Å²) >= 11 is 2.02. The van der Waals surface area contributed by atoms with Gasteiger partial charge in [0.05, 0.1) is 53.7 Å². The van der Waals surface area contributed by atoms with Gasteiger partial charge in [0, 0.05) is 0 Å². The van der Waals surface area contributed by atoms with Gasteiger partial charge in [-0.25, -0.2) is 0 Å². The van der Waals surface area contributed by atoms with Crippen molar-refractivity contribution in [1.82, 2.24) is 5.27 Å². The van der Waals surface area contributed by atoms with E-state index >= 15 is 0 Å². The van der Waals surface area contributed by atoms with Gasteiger partial charge in [0.25, 0.3) is 0 Å². The van der Waals surface area contributed by atoms with Crippen LogP contribution in [0.4, 0.5) is 5.88 Å². The van der Waals surface area contributed by atoms with Crippen molar-refractivity contribution in [2.75, 3.05) is 37.9 Å². The van der Waals surface area contributed by atoms with E-state index in [2.05, 4.69) is 10.3 Å². The van der Waals surface area contributed by atoms with Gasteiger partial charge in [-0.05, 0) is 6.61 Å². The normalized spacial score (nSPS) is 17.0. The lowest BCUT2D eigenvalue weighted by Gasteiger charge is -2.18. The van der Waals surface area contributed by atoms with E-state index < -0.39 is 6.08 Å². The predicted octanol–water partition coefficient (Wildman–Crippen LogP) is -1.08. The Kier molecular flexibility index (Phi) is 4.58. The number of hydrogen-bond donors (Lipinski definition) is 0. The highest BCUT2D eigenvalue weighted by molar-refractivity contribution is 14.1. The fourth-order valence-corrected chi connectivity index (χ4v) is 2.07. The molecule has 1 aliphatic rings. The van der Waals surface area contributed by atoms with Crippen molar-refractivity contribution in [2.45, 2.75) is 6.92 Å². The molecule has 1 saturated heterocycles. The molecule has 2 rings (SSSR count). The summed E-state index contributed by atoms with van der Waals surface area (Å²) in [6.07, 6.45) is -0.680. The van der Waals surface area contributed by atoms with Crippen molar-refractivity contribution in [3.05, 3.63) is 3.70 Å². The average Bonchev–Trinajstić information content (AvgIpc) is 2.72. The van der Waals surface area contributed by atoms with Gasteiger partial charge in [-0.15, -0.1) is 5.01 Å². The molecule has 0 spiro atoms. The molecule has 18 heavy (non-hydrogen) atoms. The van der Waals surface area contributed by atoms with E-state index in [-0.39, 0.29) is 12.5 Å². The smallest absolute Gasteiger partial charge is 0.367 e. The SMILES string of the molecule is CCOC([O-])=Nc1on[n+](N2CCOCC2)c1I. The summed E-state index contributed by atoms with van der Waals surface area (Å²) < 4.78 is 15.6. The third kappa shape index (κ3) is 3.02. The van der Waals surface area contributed by atoms with Crippen LogP contribution in [0.2, 0.25) is 0 Å². The molecule has 0 unspecified atom stereocenters. The molecule has 0 saturated carbocycles. The lowest BCUT2D eigenvalue weighted by Crippen LogP contribution is -2.64. The quantitative estimate of drug-likeness (QED) is 0.292. The summed E-state index contributed by atoms with van der Waals surface area (Å²) in [4.78, 5) is 5.27. The van der Waals surface area contributed by atoms with Crippen LogP contribution in [-0.4, -0.2) is 44.3 Å². The van der Waals surface area contributed by atoms with Crippen molar-refractivity contribution in [2.24, 2.45) is 4.99 Å². The Balaban J connectivity index is 2.15. The molecule has 1 fully saturated rings. The number of aromatic nitrogens is 2. The van der Waals surface area contributed by atoms with Gasteiger partial charge in [-0.2, -0.15) is 4.99 Å². The molecular formula is C9H13IN4O4. The first-order valence-electron chi connectivity index (χ1n) is 5.51. The summed E-state index contributed by atoms with van der Waals surface area (Å²) in [5.41, 5.74) is 0. The zero-order valence-electron chi connectivity index (χ0n) is 9.84. The molecule has 8 nitrogen and oxygen atoms in total. The number of morpholine rings is 1. The van der Waals surface area contributed by atoms with Crippen LogP contribution in [0.3, 0.4) is 0 Å². The molecule has 1 aliphatic heterocycles. The minimum Gasteiger partial charge on any atom is -0.600 e. The number of aliphatic imine (C=N–C) groups is 1. The summed E-state index contributed by atoms with van der Waals surface area (Å²) in [6, 6.07) is 0. The van der Waals surface area contributed by atoms with Gasteiger partial charge in [-0.3, -0.25) is 4.52 Å². The first kappa shape index (κ1) is 13.3. The molecule has 0 aliphatic carbocycles. The van der Waals surface area contributed by atoms with E-state index in [0.717, 1.165) is 0 Å². The Hall–Kier alpha value is -1.10. The maximum Gasteiger partial charge on any atom is 0.367 e. The molecule has 1 aromatic rings. The lowest BCUT2D eigenvalue weighted by atomic mass is 10.5. The van der Waals surface area contributed by atoms with Gasteiger partial charge < -0.3 is 14.6 Å². The number of rotatable bonds is 3. The third-order valence-corrected chi connectivity index (χ3v) is 3.17. The Labute approximate surface area is 117 Å². The molecule has 2 heterocycles. The topological polar surface area (TPSA) is 87.0 Å². The van der Waals surface area contributed by atoms with E-state index in [0.29, 0.717) is 30.0 Å². The Morgan fingerprint density at radius 2 is 2.33 bits per heavy atom.